The summed E-state index contributed by atoms with van der Waals surface area (Å²) < 4.78 is 5.95. The average molecular weight is 262 g/mol. The van der Waals surface area contributed by atoms with Crippen LogP contribution in [0.4, 0.5) is 0 Å². The van der Waals surface area contributed by atoms with E-state index >= 15 is 0 Å². The highest BCUT2D eigenvalue weighted by molar-refractivity contribution is 5.82. The SMILES string of the molecule is C=C/C=C(/c1ccccc1)c1oc(C=C)c(C=C)c1C. The lowest BCUT2D eigenvalue weighted by atomic mass is 9.99. The number of allylic oxidation sites excluding steroid dienone is 2. The zero-order valence-electron chi connectivity index (χ0n) is 11.7. The maximum absolute atomic E-state index is 5.95. The summed E-state index contributed by atoms with van der Waals surface area (Å²) in [6.45, 7) is 13.5. The van der Waals surface area contributed by atoms with Crippen LogP contribution in [-0.2, 0) is 0 Å². The van der Waals surface area contributed by atoms with E-state index in [9.17, 15) is 0 Å². The Labute approximate surface area is 120 Å². The molecule has 0 radical (unpaired) electrons. The molecule has 2 aromatic rings. The molecule has 0 aliphatic carbocycles. The summed E-state index contributed by atoms with van der Waals surface area (Å²) in [4.78, 5) is 0. The van der Waals surface area contributed by atoms with E-state index in [-0.39, 0.29) is 0 Å². The minimum Gasteiger partial charge on any atom is -0.456 e. The quantitative estimate of drug-likeness (QED) is 0.649. The van der Waals surface area contributed by atoms with E-state index in [0.29, 0.717) is 0 Å². The molecule has 0 saturated carbocycles. The van der Waals surface area contributed by atoms with Gasteiger partial charge in [-0.15, -0.1) is 0 Å². The van der Waals surface area contributed by atoms with Gasteiger partial charge in [0.1, 0.15) is 11.5 Å². The molecule has 0 bridgehead atoms. The Morgan fingerprint density at radius 2 is 1.75 bits per heavy atom. The molecular weight excluding hydrogens is 244 g/mol. The molecule has 0 N–H and O–H groups in total. The number of furan rings is 1. The van der Waals surface area contributed by atoms with Gasteiger partial charge in [-0.1, -0.05) is 68.3 Å². The number of benzene rings is 1. The van der Waals surface area contributed by atoms with Gasteiger partial charge in [0, 0.05) is 16.7 Å². The first-order chi connectivity index (χ1) is 9.72. The summed E-state index contributed by atoms with van der Waals surface area (Å²) in [6, 6.07) is 10.1. The number of rotatable bonds is 5. The highest BCUT2D eigenvalue weighted by atomic mass is 16.3. The van der Waals surface area contributed by atoms with E-state index in [1.165, 1.54) is 0 Å². The molecule has 20 heavy (non-hydrogen) atoms. The molecule has 1 heteroatoms. The third kappa shape index (κ3) is 2.43. The van der Waals surface area contributed by atoms with Gasteiger partial charge in [0.25, 0.3) is 0 Å². The van der Waals surface area contributed by atoms with Gasteiger partial charge in [-0.3, -0.25) is 0 Å². The van der Waals surface area contributed by atoms with Gasteiger partial charge < -0.3 is 4.42 Å². The Kier molecular flexibility index (Phi) is 4.21. The third-order valence-corrected chi connectivity index (χ3v) is 3.23. The van der Waals surface area contributed by atoms with Gasteiger partial charge in [-0.2, -0.15) is 0 Å². The second-order valence-corrected chi connectivity index (χ2v) is 4.42. The Hall–Kier alpha value is -2.54. The van der Waals surface area contributed by atoms with Gasteiger partial charge in [-0.05, 0) is 18.6 Å². The van der Waals surface area contributed by atoms with E-state index in [0.717, 1.165) is 33.8 Å². The fourth-order valence-corrected chi connectivity index (χ4v) is 2.25. The van der Waals surface area contributed by atoms with Gasteiger partial charge in [0.2, 0.25) is 0 Å². The van der Waals surface area contributed by atoms with Crippen LogP contribution in [0.2, 0.25) is 0 Å². The fraction of sp³-hybridized carbons (Fsp3) is 0.0526. The molecule has 0 saturated heterocycles. The summed E-state index contributed by atoms with van der Waals surface area (Å²) in [6.07, 6.45) is 7.24. The van der Waals surface area contributed by atoms with Crippen molar-refractivity contribution in [1.82, 2.24) is 0 Å². The molecule has 0 fully saturated rings. The van der Waals surface area contributed by atoms with Crippen LogP contribution in [0.5, 0.6) is 0 Å². The fourth-order valence-electron chi connectivity index (χ4n) is 2.25. The summed E-state index contributed by atoms with van der Waals surface area (Å²) in [5.74, 6) is 1.58. The van der Waals surface area contributed by atoms with Crippen LogP contribution in [0.3, 0.4) is 0 Å². The highest BCUT2D eigenvalue weighted by Crippen LogP contribution is 2.33. The van der Waals surface area contributed by atoms with Crippen LogP contribution < -0.4 is 0 Å². The Balaban J connectivity index is 2.66. The standard InChI is InChI=1S/C19H18O/c1-5-11-17(15-12-9-8-10-13-15)19-14(4)16(6-2)18(7-3)20-19/h5-13H,1-3H2,4H3/b17-11-. The summed E-state index contributed by atoms with van der Waals surface area (Å²) in [5.41, 5.74) is 4.15. The van der Waals surface area contributed by atoms with E-state index in [2.05, 4.69) is 31.9 Å². The van der Waals surface area contributed by atoms with Crippen molar-refractivity contribution in [3.63, 3.8) is 0 Å². The molecule has 0 spiro atoms. The van der Waals surface area contributed by atoms with Crippen molar-refractivity contribution in [3.8, 4) is 0 Å². The molecule has 2 rings (SSSR count). The lowest BCUT2D eigenvalue weighted by Crippen LogP contribution is -1.88. The van der Waals surface area contributed by atoms with Crippen molar-refractivity contribution in [2.45, 2.75) is 6.92 Å². The Morgan fingerprint density at radius 1 is 1.05 bits per heavy atom. The second-order valence-electron chi connectivity index (χ2n) is 4.42. The van der Waals surface area contributed by atoms with Gasteiger partial charge in [0.15, 0.2) is 0 Å². The molecule has 1 heterocycles. The summed E-state index contributed by atoms with van der Waals surface area (Å²) in [7, 11) is 0. The van der Waals surface area contributed by atoms with Gasteiger partial charge in [-0.25, -0.2) is 0 Å². The molecule has 0 aliphatic rings. The summed E-state index contributed by atoms with van der Waals surface area (Å²) >= 11 is 0. The van der Waals surface area contributed by atoms with Gasteiger partial charge in [0.05, 0.1) is 0 Å². The predicted octanol–water partition coefficient (Wildman–Crippen LogP) is 5.49. The highest BCUT2D eigenvalue weighted by Gasteiger charge is 2.17. The predicted molar refractivity (Wildman–Crippen MR) is 87.3 cm³/mol. The van der Waals surface area contributed by atoms with E-state index in [4.69, 9.17) is 4.42 Å². The minimum atomic E-state index is 0.749. The van der Waals surface area contributed by atoms with Crippen LogP contribution in [0, 0.1) is 6.92 Å². The van der Waals surface area contributed by atoms with Crippen LogP contribution in [0.25, 0.3) is 17.7 Å². The largest absolute Gasteiger partial charge is 0.456 e. The third-order valence-electron chi connectivity index (χ3n) is 3.23. The zero-order chi connectivity index (χ0) is 14.5. The molecule has 0 aliphatic heterocycles. The molecule has 1 aromatic heterocycles. The van der Waals surface area contributed by atoms with Crippen molar-refractivity contribution in [3.05, 3.63) is 90.4 Å². The Morgan fingerprint density at radius 3 is 2.25 bits per heavy atom. The lowest BCUT2D eigenvalue weighted by Gasteiger charge is -2.05. The normalized spacial score (nSPS) is 11.2. The molecular formula is C19H18O. The molecule has 100 valence electrons. The van der Waals surface area contributed by atoms with Crippen LogP contribution >= 0.6 is 0 Å². The van der Waals surface area contributed by atoms with Crippen LogP contribution in [0.15, 0.2) is 66.6 Å². The number of hydrogen-bond donors (Lipinski definition) is 0. The molecule has 1 aromatic carbocycles. The maximum Gasteiger partial charge on any atom is 0.138 e. The Bertz CT molecular complexity index is 669. The minimum absolute atomic E-state index is 0.749. The average Bonchev–Trinajstić information content (AvgIpc) is 2.81. The van der Waals surface area contributed by atoms with E-state index in [1.807, 2.05) is 31.2 Å². The van der Waals surface area contributed by atoms with Crippen molar-refractivity contribution in [1.29, 1.82) is 0 Å². The van der Waals surface area contributed by atoms with E-state index in [1.54, 1.807) is 18.2 Å². The smallest absolute Gasteiger partial charge is 0.138 e. The van der Waals surface area contributed by atoms with Crippen molar-refractivity contribution in [2.24, 2.45) is 0 Å². The topological polar surface area (TPSA) is 13.1 Å². The maximum atomic E-state index is 5.95. The van der Waals surface area contributed by atoms with Gasteiger partial charge >= 0.3 is 0 Å². The van der Waals surface area contributed by atoms with Crippen LogP contribution in [-0.4, -0.2) is 0 Å². The number of hydrogen-bond acceptors (Lipinski definition) is 1. The monoisotopic (exact) mass is 262 g/mol. The molecule has 0 amide bonds. The zero-order valence-corrected chi connectivity index (χ0v) is 11.7. The first-order valence-electron chi connectivity index (χ1n) is 6.49. The molecule has 0 atom stereocenters. The first kappa shape index (κ1) is 13.9. The molecule has 0 unspecified atom stereocenters. The van der Waals surface area contributed by atoms with Crippen molar-refractivity contribution >= 4 is 17.7 Å². The second kappa shape index (κ2) is 6.07. The van der Waals surface area contributed by atoms with E-state index < -0.39 is 0 Å². The lowest BCUT2D eigenvalue weighted by molar-refractivity contribution is 0.541. The van der Waals surface area contributed by atoms with Crippen molar-refractivity contribution < 1.29 is 4.42 Å². The first-order valence-corrected chi connectivity index (χ1v) is 6.49. The summed E-state index contributed by atoms with van der Waals surface area (Å²) in [5, 5.41) is 0. The molecule has 1 nitrogen and oxygen atoms in total. The van der Waals surface area contributed by atoms with Crippen LogP contribution in [0.1, 0.15) is 28.2 Å². The van der Waals surface area contributed by atoms with Crippen molar-refractivity contribution in [2.75, 3.05) is 0 Å².